The van der Waals surface area contributed by atoms with Gasteiger partial charge in [0, 0.05) is 28.8 Å². The molecular formula is C5H5IN2S. The standard InChI is InChI=1S/C5H5IN2S/c1-9-4-2-3-7-5(6)8-4/h2-3H,1H3. The summed E-state index contributed by atoms with van der Waals surface area (Å²) in [4.78, 5) is 8.08. The van der Waals surface area contributed by atoms with Crippen molar-refractivity contribution in [3.05, 3.63) is 16.1 Å². The smallest absolute Gasteiger partial charge is 0.191 e. The largest absolute Gasteiger partial charge is 0.232 e. The van der Waals surface area contributed by atoms with Crippen LogP contribution in [-0.4, -0.2) is 16.2 Å². The van der Waals surface area contributed by atoms with E-state index in [9.17, 15) is 0 Å². The molecule has 4 heteroatoms. The Morgan fingerprint density at radius 2 is 2.44 bits per heavy atom. The van der Waals surface area contributed by atoms with Crippen molar-refractivity contribution in [3.63, 3.8) is 0 Å². The molecule has 0 radical (unpaired) electrons. The number of hydrogen-bond donors (Lipinski definition) is 0. The lowest BCUT2D eigenvalue weighted by Crippen LogP contribution is -1.85. The van der Waals surface area contributed by atoms with Crippen molar-refractivity contribution in [2.75, 3.05) is 6.26 Å². The Kier molecular flexibility index (Phi) is 2.71. The maximum Gasteiger partial charge on any atom is 0.191 e. The SMILES string of the molecule is CSc1ccnc(I)n1. The van der Waals surface area contributed by atoms with Crippen LogP contribution < -0.4 is 0 Å². The van der Waals surface area contributed by atoms with Gasteiger partial charge < -0.3 is 0 Å². The molecule has 0 spiro atoms. The maximum atomic E-state index is 4.13. The highest BCUT2D eigenvalue weighted by Gasteiger charge is 1.90. The highest BCUT2D eigenvalue weighted by Crippen LogP contribution is 2.09. The summed E-state index contributed by atoms with van der Waals surface area (Å²) in [5.41, 5.74) is 0. The zero-order chi connectivity index (χ0) is 6.69. The number of hydrogen-bond acceptors (Lipinski definition) is 3. The molecule has 1 aromatic heterocycles. The van der Waals surface area contributed by atoms with Gasteiger partial charge in [-0.25, -0.2) is 9.97 Å². The Morgan fingerprint density at radius 3 is 2.89 bits per heavy atom. The van der Waals surface area contributed by atoms with Crippen LogP contribution in [0.15, 0.2) is 17.3 Å². The van der Waals surface area contributed by atoms with Gasteiger partial charge in [0.2, 0.25) is 0 Å². The molecule has 48 valence electrons. The van der Waals surface area contributed by atoms with Crippen molar-refractivity contribution < 1.29 is 0 Å². The van der Waals surface area contributed by atoms with Crippen LogP contribution in [0.2, 0.25) is 0 Å². The van der Waals surface area contributed by atoms with Crippen LogP contribution in [0.25, 0.3) is 0 Å². The van der Waals surface area contributed by atoms with Gasteiger partial charge in [-0.3, -0.25) is 0 Å². The van der Waals surface area contributed by atoms with E-state index in [4.69, 9.17) is 0 Å². The summed E-state index contributed by atoms with van der Waals surface area (Å²) in [7, 11) is 0. The van der Waals surface area contributed by atoms with Gasteiger partial charge >= 0.3 is 0 Å². The van der Waals surface area contributed by atoms with Gasteiger partial charge in [0.15, 0.2) is 3.83 Å². The number of rotatable bonds is 1. The topological polar surface area (TPSA) is 25.8 Å². The summed E-state index contributed by atoms with van der Waals surface area (Å²) in [5.74, 6) is 0. The summed E-state index contributed by atoms with van der Waals surface area (Å²) in [5, 5.41) is 1.02. The van der Waals surface area contributed by atoms with E-state index in [1.807, 2.05) is 12.3 Å². The lowest BCUT2D eigenvalue weighted by Gasteiger charge is -1.91. The molecule has 0 N–H and O–H groups in total. The van der Waals surface area contributed by atoms with Gasteiger partial charge in [0.1, 0.15) is 5.03 Å². The average molecular weight is 252 g/mol. The summed E-state index contributed by atoms with van der Waals surface area (Å²) in [6, 6.07) is 1.90. The minimum Gasteiger partial charge on any atom is -0.232 e. The van der Waals surface area contributed by atoms with Crippen molar-refractivity contribution in [3.8, 4) is 0 Å². The van der Waals surface area contributed by atoms with E-state index in [1.54, 1.807) is 18.0 Å². The van der Waals surface area contributed by atoms with Gasteiger partial charge in [-0.05, 0) is 12.3 Å². The Bertz CT molecular complexity index is 204. The monoisotopic (exact) mass is 252 g/mol. The number of halogens is 1. The van der Waals surface area contributed by atoms with Crippen LogP contribution >= 0.6 is 34.4 Å². The molecule has 9 heavy (non-hydrogen) atoms. The number of thioether (sulfide) groups is 1. The lowest BCUT2D eigenvalue weighted by atomic mass is 10.7. The fourth-order valence-corrected chi connectivity index (χ4v) is 1.39. The Balaban J connectivity index is 2.94. The molecule has 0 fully saturated rings. The van der Waals surface area contributed by atoms with E-state index in [-0.39, 0.29) is 0 Å². The maximum absolute atomic E-state index is 4.13. The van der Waals surface area contributed by atoms with Crippen LogP contribution in [-0.2, 0) is 0 Å². The molecule has 0 saturated heterocycles. The molecule has 0 aliphatic carbocycles. The fourth-order valence-electron chi connectivity index (χ4n) is 0.433. The molecule has 2 nitrogen and oxygen atoms in total. The van der Waals surface area contributed by atoms with Crippen LogP contribution in [0, 0.1) is 3.83 Å². The van der Waals surface area contributed by atoms with Gasteiger partial charge in [0.05, 0.1) is 0 Å². The van der Waals surface area contributed by atoms with E-state index in [2.05, 4.69) is 32.6 Å². The van der Waals surface area contributed by atoms with Crippen LogP contribution in [0.1, 0.15) is 0 Å². The predicted octanol–water partition coefficient (Wildman–Crippen LogP) is 1.80. The minimum atomic E-state index is 0.805. The quantitative estimate of drug-likeness (QED) is 0.330. The van der Waals surface area contributed by atoms with Gasteiger partial charge in [-0.1, -0.05) is 0 Å². The molecular weight excluding hydrogens is 247 g/mol. The van der Waals surface area contributed by atoms with Crippen molar-refractivity contribution in [2.45, 2.75) is 5.03 Å². The molecule has 0 amide bonds. The third-order valence-electron chi connectivity index (χ3n) is 0.810. The molecule has 0 aliphatic heterocycles. The van der Waals surface area contributed by atoms with Crippen LogP contribution in [0.3, 0.4) is 0 Å². The highest BCUT2D eigenvalue weighted by atomic mass is 127. The second-order valence-electron chi connectivity index (χ2n) is 1.37. The van der Waals surface area contributed by atoms with E-state index in [0.29, 0.717) is 0 Å². The zero-order valence-electron chi connectivity index (χ0n) is 4.84. The number of nitrogens with zero attached hydrogens (tertiary/aromatic N) is 2. The molecule has 0 aliphatic rings. The summed E-state index contributed by atoms with van der Waals surface area (Å²) < 4.78 is 0.805. The van der Waals surface area contributed by atoms with Gasteiger partial charge in [-0.15, -0.1) is 11.8 Å². The lowest BCUT2D eigenvalue weighted by molar-refractivity contribution is 1.00. The first-order chi connectivity index (χ1) is 4.33. The second-order valence-corrected chi connectivity index (χ2v) is 3.16. The first-order valence-corrected chi connectivity index (χ1v) is 4.66. The third-order valence-corrected chi connectivity index (χ3v) is 1.98. The minimum absolute atomic E-state index is 0.805. The van der Waals surface area contributed by atoms with Crippen molar-refractivity contribution >= 4 is 34.4 Å². The molecule has 0 unspecified atom stereocenters. The Hall–Kier alpha value is 0.160. The van der Waals surface area contributed by atoms with E-state index >= 15 is 0 Å². The zero-order valence-corrected chi connectivity index (χ0v) is 7.81. The summed E-state index contributed by atoms with van der Waals surface area (Å²) in [6.07, 6.45) is 3.76. The molecule has 1 rings (SSSR count). The molecule has 0 saturated carbocycles. The van der Waals surface area contributed by atoms with E-state index in [0.717, 1.165) is 8.86 Å². The van der Waals surface area contributed by atoms with E-state index < -0.39 is 0 Å². The van der Waals surface area contributed by atoms with E-state index in [1.165, 1.54) is 0 Å². The Morgan fingerprint density at radius 1 is 1.67 bits per heavy atom. The van der Waals surface area contributed by atoms with Crippen LogP contribution in [0.4, 0.5) is 0 Å². The van der Waals surface area contributed by atoms with Crippen molar-refractivity contribution in [1.82, 2.24) is 9.97 Å². The second kappa shape index (κ2) is 3.36. The van der Waals surface area contributed by atoms with Gasteiger partial charge in [0.25, 0.3) is 0 Å². The summed E-state index contributed by atoms with van der Waals surface area (Å²) >= 11 is 3.72. The highest BCUT2D eigenvalue weighted by molar-refractivity contribution is 14.1. The molecule has 0 atom stereocenters. The number of aromatic nitrogens is 2. The molecule has 1 heterocycles. The molecule has 1 aromatic rings. The fraction of sp³-hybridized carbons (Fsp3) is 0.200. The first-order valence-electron chi connectivity index (χ1n) is 2.35. The van der Waals surface area contributed by atoms with Crippen molar-refractivity contribution in [1.29, 1.82) is 0 Å². The van der Waals surface area contributed by atoms with Crippen LogP contribution in [0.5, 0.6) is 0 Å². The Labute approximate surface area is 71.6 Å². The predicted molar refractivity (Wildman–Crippen MR) is 46.5 cm³/mol. The first kappa shape index (κ1) is 7.27. The molecule has 0 bridgehead atoms. The normalized spacial score (nSPS) is 9.56. The average Bonchev–Trinajstić information content (AvgIpc) is 1.88. The third kappa shape index (κ3) is 2.09. The van der Waals surface area contributed by atoms with Gasteiger partial charge in [-0.2, -0.15) is 0 Å². The summed E-state index contributed by atoms with van der Waals surface area (Å²) in [6.45, 7) is 0. The molecule has 0 aromatic carbocycles. The van der Waals surface area contributed by atoms with Crippen molar-refractivity contribution in [2.24, 2.45) is 0 Å².